The minimum absolute atomic E-state index is 1.00. The Labute approximate surface area is 148 Å². The fourth-order valence-electron chi connectivity index (χ4n) is 3.57. The standard InChI is InChI=1S/C18H16.C4H4O.CH4O/c1-3-7-15-13(5-1)9-11-18-16-8-4-2-6-14(16)10-12-17(15)18;1-2-4-5-3-1;1-2/h1,3,5,7,9-12H,2,4,6,8H2;1-4H;2H,1H3. The van der Waals surface area contributed by atoms with Crippen LogP contribution < -0.4 is 0 Å². The zero-order valence-corrected chi connectivity index (χ0v) is 14.6. The van der Waals surface area contributed by atoms with E-state index in [1.165, 1.54) is 47.2 Å². The van der Waals surface area contributed by atoms with Gasteiger partial charge in [0, 0.05) is 7.11 Å². The lowest BCUT2D eigenvalue weighted by atomic mass is 9.86. The third-order valence-corrected chi connectivity index (χ3v) is 4.68. The van der Waals surface area contributed by atoms with E-state index in [1.54, 1.807) is 23.7 Å². The Morgan fingerprint density at radius 2 is 1.40 bits per heavy atom. The maximum Gasteiger partial charge on any atom is 0.0902 e. The van der Waals surface area contributed by atoms with Crippen LogP contribution in [0.3, 0.4) is 0 Å². The van der Waals surface area contributed by atoms with Crippen LogP contribution in [-0.4, -0.2) is 12.2 Å². The van der Waals surface area contributed by atoms with Gasteiger partial charge < -0.3 is 9.52 Å². The molecule has 2 heteroatoms. The van der Waals surface area contributed by atoms with Crippen LogP contribution in [0.5, 0.6) is 0 Å². The second-order valence-electron chi connectivity index (χ2n) is 6.09. The molecular formula is C23H24O2. The summed E-state index contributed by atoms with van der Waals surface area (Å²) < 4.78 is 4.58. The number of benzene rings is 3. The Bertz CT molecular complexity index is 906. The Hall–Kier alpha value is -2.58. The summed E-state index contributed by atoms with van der Waals surface area (Å²) in [6.07, 6.45) is 8.47. The summed E-state index contributed by atoms with van der Waals surface area (Å²) in [4.78, 5) is 0. The Morgan fingerprint density at radius 3 is 2.16 bits per heavy atom. The fourth-order valence-corrected chi connectivity index (χ4v) is 3.57. The van der Waals surface area contributed by atoms with Crippen LogP contribution in [0, 0.1) is 0 Å². The van der Waals surface area contributed by atoms with Gasteiger partial charge in [-0.3, -0.25) is 0 Å². The van der Waals surface area contributed by atoms with Crippen LogP contribution >= 0.6 is 0 Å². The normalized spacial score (nSPS) is 12.6. The molecule has 25 heavy (non-hydrogen) atoms. The molecule has 0 aliphatic heterocycles. The Balaban J connectivity index is 0.000000222. The zero-order chi connectivity index (χ0) is 17.5. The molecule has 0 saturated heterocycles. The molecule has 128 valence electrons. The molecule has 0 fully saturated rings. The molecular weight excluding hydrogens is 308 g/mol. The van der Waals surface area contributed by atoms with Gasteiger partial charge >= 0.3 is 0 Å². The van der Waals surface area contributed by atoms with Gasteiger partial charge in [0.15, 0.2) is 0 Å². The topological polar surface area (TPSA) is 33.4 Å². The number of rotatable bonds is 0. The molecule has 0 atom stereocenters. The van der Waals surface area contributed by atoms with E-state index in [0.29, 0.717) is 0 Å². The highest BCUT2D eigenvalue weighted by Gasteiger charge is 2.13. The van der Waals surface area contributed by atoms with Crippen molar-refractivity contribution in [3.63, 3.8) is 0 Å². The van der Waals surface area contributed by atoms with E-state index in [0.717, 1.165) is 7.11 Å². The van der Waals surface area contributed by atoms with E-state index >= 15 is 0 Å². The molecule has 1 heterocycles. The summed E-state index contributed by atoms with van der Waals surface area (Å²) in [5.74, 6) is 0. The van der Waals surface area contributed by atoms with E-state index < -0.39 is 0 Å². The van der Waals surface area contributed by atoms with Gasteiger partial charge in [0.1, 0.15) is 0 Å². The number of aryl methyl sites for hydroxylation is 2. The highest BCUT2D eigenvalue weighted by Crippen LogP contribution is 2.33. The maximum atomic E-state index is 7.00. The number of hydrogen-bond acceptors (Lipinski definition) is 2. The lowest BCUT2D eigenvalue weighted by molar-refractivity contribution is 0.399. The van der Waals surface area contributed by atoms with Crippen LogP contribution in [0.4, 0.5) is 0 Å². The predicted molar refractivity (Wildman–Crippen MR) is 105 cm³/mol. The SMILES string of the molecule is CO.c1ccc2c(c1)ccc1c3c(ccc12)CCCC3.c1ccoc1. The first-order valence-electron chi connectivity index (χ1n) is 8.77. The van der Waals surface area contributed by atoms with Crippen LogP contribution in [-0.2, 0) is 12.8 Å². The molecule has 1 N–H and O–H groups in total. The Kier molecular flexibility index (Phi) is 5.86. The molecule has 1 aromatic heterocycles. The van der Waals surface area contributed by atoms with E-state index in [-0.39, 0.29) is 0 Å². The number of aliphatic hydroxyl groups excluding tert-OH is 1. The van der Waals surface area contributed by atoms with Crippen molar-refractivity contribution in [2.45, 2.75) is 25.7 Å². The summed E-state index contributed by atoms with van der Waals surface area (Å²) in [5, 5.41) is 12.6. The number of hydrogen-bond donors (Lipinski definition) is 1. The smallest absolute Gasteiger partial charge is 0.0902 e. The summed E-state index contributed by atoms with van der Waals surface area (Å²) in [7, 11) is 1.00. The van der Waals surface area contributed by atoms with Gasteiger partial charge in [0.05, 0.1) is 12.5 Å². The fraction of sp³-hybridized carbons (Fsp3) is 0.217. The Morgan fingerprint density at radius 1 is 0.680 bits per heavy atom. The minimum Gasteiger partial charge on any atom is -0.473 e. The molecule has 1 aliphatic carbocycles. The van der Waals surface area contributed by atoms with Gasteiger partial charge in [-0.25, -0.2) is 0 Å². The van der Waals surface area contributed by atoms with E-state index in [2.05, 4.69) is 52.9 Å². The van der Waals surface area contributed by atoms with E-state index in [4.69, 9.17) is 5.11 Å². The van der Waals surface area contributed by atoms with Gasteiger partial charge in [-0.2, -0.15) is 0 Å². The molecule has 2 nitrogen and oxygen atoms in total. The molecule has 4 aromatic rings. The van der Waals surface area contributed by atoms with Crippen molar-refractivity contribution in [1.29, 1.82) is 0 Å². The quantitative estimate of drug-likeness (QED) is 0.415. The van der Waals surface area contributed by atoms with Crippen molar-refractivity contribution >= 4 is 21.5 Å². The maximum absolute atomic E-state index is 7.00. The van der Waals surface area contributed by atoms with E-state index in [9.17, 15) is 0 Å². The lowest BCUT2D eigenvalue weighted by Crippen LogP contribution is -2.02. The van der Waals surface area contributed by atoms with Gasteiger partial charge in [0.2, 0.25) is 0 Å². The summed E-state index contributed by atoms with van der Waals surface area (Å²) in [6, 6.07) is 21.6. The van der Waals surface area contributed by atoms with Crippen LogP contribution in [0.25, 0.3) is 21.5 Å². The predicted octanol–water partition coefficient (Wildman–Crippen LogP) is 5.76. The monoisotopic (exact) mass is 332 g/mol. The van der Waals surface area contributed by atoms with Crippen molar-refractivity contribution in [1.82, 2.24) is 0 Å². The largest absolute Gasteiger partial charge is 0.473 e. The second kappa shape index (κ2) is 8.50. The number of aliphatic hydroxyl groups is 1. The average molecular weight is 332 g/mol. The molecule has 1 aliphatic rings. The molecule has 5 rings (SSSR count). The molecule has 0 amide bonds. The van der Waals surface area contributed by atoms with Gasteiger partial charge in [-0.15, -0.1) is 0 Å². The molecule has 0 bridgehead atoms. The van der Waals surface area contributed by atoms with Gasteiger partial charge in [-0.1, -0.05) is 48.5 Å². The molecule has 0 saturated carbocycles. The first kappa shape index (κ1) is 17.2. The highest BCUT2D eigenvalue weighted by molar-refractivity contribution is 6.08. The van der Waals surface area contributed by atoms with Crippen molar-refractivity contribution < 1.29 is 9.52 Å². The molecule has 0 spiro atoms. The third kappa shape index (κ3) is 3.75. The van der Waals surface area contributed by atoms with Gasteiger partial charge in [-0.05, 0) is 70.5 Å². The van der Waals surface area contributed by atoms with Crippen molar-refractivity contribution in [3.8, 4) is 0 Å². The lowest BCUT2D eigenvalue weighted by Gasteiger charge is -2.18. The summed E-state index contributed by atoms with van der Waals surface area (Å²) in [6.45, 7) is 0. The first-order chi connectivity index (χ1) is 12.4. The summed E-state index contributed by atoms with van der Waals surface area (Å²) >= 11 is 0. The molecule has 3 aromatic carbocycles. The van der Waals surface area contributed by atoms with Crippen molar-refractivity contribution in [2.24, 2.45) is 0 Å². The average Bonchev–Trinajstić information content (AvgIpc) is 3.29. The molecule has 0 unspecified atom stereocenters. The first-order valence-corrected chi connectivity index (χ1v) is 8.77. The third-order valence-electron chi connectivity index (χ3n) is 4.68. The van der Waals surface area contributed by atoms with Crippen LogP contribution in [0.15, 0.2) is 77.6 Å². The van der Waals surface area contributed by atoms with Crippen molar-refractivity contribution in [2.75, 3.05) is 7.11 Å². The van der Waals surface area contributed by atoms with E-state index in [1.807, 2.05) is 12.1 Å². The van der Waals surface area contributed by atoms with Crippen LogP contribution in [0.1, 0.15) is 24.0 Å². The van der Waals surface area contributed by atoms with Gasteiger partial charge in [0.25, 0.3) is 0 Å². The number of furan rings is 1. The van der Waals surface area contributed by atoms with Crippen LogP contribution in [0.2, 0.25) is 0 Å². The minimum atomic E-state index is 1.00. The second-order valence-corrected chi connectivity index (χ2v) is 6.09. The highest BCUT2D eigenvalue weighted by atomic mass is 16.3. The summed E-state index contributed by atoms with van der Waals surface area (Å²) in [5.41, 5.74) is 3.17. The van der Waals surface area contributed by atoms with Crippen molar-refractivity contribution in [3.05, 3.63) is 84.3 Å². The zero-order valence-electron chi connectivity index (χ0n) is 14.6. The molecule has 0 radical (unpaired) electrons. The number of fused-ring (bicyclic) bond motifs is 5.